The number of carboxylic acid groups (broad SMARTS) is 1. The molecule has 0 radical (unpaired) electrons. The van der Waals surface area contributed by atoms with Crippen LogP contribution in [-0.2, 0) is 20.7 Å². The van der Waals surface area contributed by atoms with E-state index in [0.717, 1.165) is 12.0 Å². The van der Waals surface area contributed by atoms with Gasteiger partial charge in [0.25, 0.3) is 0 Å². The number of hydrogen-bond acceptors (Lipinski definition) is 4. The summed E-state index contributed by atoms with van der Waals surface area (Å²) in [7, 11) is 0. The van der Waals surface area contributed by atoms with Crippen molar-refractivity contribution in [2.45, 2.75) is 71.1 Å². The first kappa shape index (κ1) is 22.5. The van der Waals surface area contributed by atoms with Gasteiger partial charge in [0.2, 0.25) is 5.91 Å². The highest BCUT2D eigenvalue weighted by atomic mass is 16.6. The number of amides is 2. The first-order valence-corrected chi connectivity index (χ1v) is 8.99. The highest BCUT2D eigenvalue weighted by molar-refractivity contribution is 5.92. The maximum Gasteiger partial charge on any atom is 0.408 e. The SMILES string of the molecule is CC(C)(C)OC(=O)NC(C)(C)C(=O)N[C@H](CCCc1ccccc1)C(=O)O. The molecule has 3 N–H and O–H groups in total. The Labute approximate surface area is 160 Å². The fourth-order valence-electron chi connectivity index (χ4n) is 2.37. The molecular formula is C20H30N2O5. The maximum atomic E-state index is 12.5. The number of hydrogen-bond donors (Lipinski definition) is 3. The Morgan fingerprint density at radius 3 is 2.19 bits per heavy atom. The highest BCUT2D eigenvalue weighted by Gasteiger charge is 2.34. The molecule has 27 heavy (non-hydrogen) atoms. The van der Waals surface area contributed by atoms with Crippen molar-refractivity contribution in [1.29, 1.82) is 0 Å². The monoisotopic (exact) mass is 378 g/mol. The summed E-state index contributed by atoms with van der Waals surface area (Å²) < 4.78 is 5.14. The van der Waals surface area contributed by atoms with Crippen LogP contribution < -0.4 is 10.6 Å². The van der Waals surface area contributed by atoms with Gasteiger partial charge in [-0.05, 0) is 59.4 Å². The quantitative estimate of drug-likeness (QED) is 0.645. The first-order valence-electron chi connectivity index (χ1n) is 8.99. The minimum Gasteiger partial charge on any atom is -0.480 e. The van der Waals surface area contributed by atoms with E-state index in [9.17, 15) is 19.5 Å². The summed E-state index contributed by atoms with van der Waals surface area (Å²) in [6.45, 7) is 8.14. The van der Waals surface area contributed by atoms with Crippen LogP contribution >= 0.6 is 0 Å². The van der Waals surface area contributed by atoms with E-state index in [1.54, 1.807) is 20.8 Å². The highest BCUT2D eigenvalue weighted by Crippen LogP contribution is 2.11. The zero-order valence-electron chi connectivity index (χ0n) is 16.7. The molecule has 0 spiro atoms. The van der Waals surface area contributed by atoms with Crippen LogP contribution in [0.1, 0.15) is 53.0 Å². The van der Waals surface area contributed by atoms with E-state index >= 15 is 0 Å². The molecule has 0 aliphatic heterocycles. The molecule has 0 saturated carbocycles. The average Bonchev–Trinajstić information content (AvgIpc) is 2.52. The van der Waals surface area contributed by atoms with Crippen LogP contribution in [0.25, 0.3) is 0 Å². The van der Waals surface area contributed by atoms with Gasteiger partial charge in [0, 0.05) is 0 Å². The molecule has 150 valence electrons. The molecule has 2 amide bonds. The lowest BCUT2D eigenvalue weighted by molar-refractivity contribution is -0.142. The minimum atomic E-state index is -1.31. The van der Waals surface area contributed by atoms with Gasteiger partial charge in [-0.25, -0.2) is 9.59 Å². The second-order valence-electron chi connectivity index (χ2n) is 7.99. The Morgan fingerprint density at radius 2 is 1.67 bits per heavy atom. The van der Waals surface area contributed by atoms with Gasteiger partial charge in [0.15, 0.2) is 0 Å². The number of carbonyl (C=O) groups excluding carboxylic acids is 2. The molecule has 1 aromatic rings. The van der Waals surface area contributed by atoms with E-state index in [2.05, 4.69) is 10.6 Å². The van der Waals surface area contributed by atoms with Crippen molar-refractivity contribution in [3.05, 3.63) is 35.9 Å². The van der Waals surface area contributed by atoms with Crippen LogP contribution in [0.3, 0.4) is 0 Å². The van der Waals surface area contributed by atoms with Gasteiger partial charge < -0.3 is 20.5 Å². The molecular weight excluding hydrogens is 348 g/mol. The van der Waals surface area contributed by atoms with Gasteiger partial charge in [0.1, 0.15) is 17.2 Å². The van der Waals surface area contributed by atoms with Crippen molar-refractivity contribution in [3.63, 3.8) is 0 Å². The van der Waals surface area contributed by atoms with Gasteiger partial charge in [-0.3, -0.25) is 4.79 Å². The second kappa shape index (κ2) is 9.39. The molecule has 0 bridgehead atoms. The summed E-state index contributed by atoms with van der Waals surface area (Å²) in [6.07, 6.45) is 0.887. The fraction of sp³-hybridized carbons (Fsp3) is 0.550. The van der Waals surface area contributed by atoms with Gasteiger partial charge in [-0.1, -0.05) is 30.3 Å². The third-order valence-electron chi connectivity index (χ3n) is 3.79. The summed E-state index contributed by atoms with van der Waals surface area (Å²) in [5.41, 5.74) is -0.896. The Bertz CT molecular complexity index is 650. The molecule has 0 aliphatic rings. The summed E-state index contributed by atoms with van der Waals surface area (Å²) in [5.74, 6) is -1.69. The number of ether oxygens (including phenoxy) is 1. The second-order valence-corrected chi connectivity index (χ2v) is 7.99. The lowest BCUT2D eigenvalue weighted by atomic mass is 10.0. The van der Waals surface area contributed by atoms with Crippen LogP contribution in [0.5, 0.6) is 0 Å². The van der Waals surface area contributed by atoms with Gasteiger partial charge in [-0.15, -0.1) is 0 Å². The van der Waals surface area contributed by atoms with Crippen LogP contribution in [0.4, 0.5) is 4.79 Å². The molecule has 7 nitrogen and oxygen atoms in total. The van der Waals surface area contributed by atoms with E-state index in [1.165, 1.54) is 13.8 Å². The zero-order chi connectivity index (χ0) is 20.7. The molecule has 1 aromatic carbocycles. The van der Waals surface area contributed by atoms with Crippen LogP contribution in [-0.4, -0.2) is 40.3 Å². The topological polar surface area (TPSA) is 105 Å². The zero-order valence-corrected chi connectivity index (χ0v) is 16.7. The molecule has 7 heteroatoms. The van der Waals surface area contributed by atoms with E-state index in [-0.39, 0.29) is 0 Å². The number of carbonyl (C=O) groups is 3. The van der Waals surface area contributed by atoms with Crippen LogP contribution in [0, 0.1) is 0 Å². The standard InChI is InChI=1S/C20H30N2O5/c1-19(2,3)27-18(26)22-20(4,5)17(25)21-15(16(23)24)13-9-12-14-10-7-6-8-11-14/h6-8,10-11,15H,9,12-13H2,1-5H3,(H,21,25)(H,22,26)(H,23,24)/t15-/m1/s1. The largest absolute Gasteiger partial charge is 0.480 e. The molecule has 0 unspecified atom stereocenters. The Kier molecular flexibility index (Phi) is 7.82. The van der Waals surface area contributed by atoms with Crippen LogP contribution in [0.2, 0.25) is 0 Å². The molecule has 1 atom stereocenters. The lowest BCUT2D eigenvalue weighted by Crippen LogP contribution is -2.58. The van der Waals surface area contributed by atoms with Crippen molar-refractivity contribution in [2.24, 2.45) is 0 Å². The summed E-state index contributed by atoms with van der Waals surface area (Å²) in [4.78, 5) is 35.9. The fourth-order valence-corrected chi connectivity index (χ4v) is 2.37. The first-order chi connectivity index (χ1) is 12.4. The summed E-state index contributed by atoms with van der Waals surface area (Å²) in [5, 5.41) is 14.4. The predicted molar refractivity (Wildman–Crippen MR) is 102 cm³/mol. The number of alkyl carbamates (subject to hydrolysis) is 1. The Hall–Kier alpha value is -2.57. The molecule has 0 heterocycles. The van der Waals surface area contributed by atoms with Crippen molar-refractivity contribution in [3.8, 4) is 0 Å². The molecule has 0 saturated heterocycles. The number of aliphatic carboxylic acids is 1. The van der Waals surface area contributed by atoms with Crippen LogP contribution in [0.15, 0.2) is 30.3 Å². The smallest absolute Gasteiger partial charge is 0.408 e. The van der Waals surface area contributed by atoms with E-state index in [4.69, 9.17) is 4.74 Å². The maximum absolute atomic E-state index is 12.5. The van der Waals surface area contributed by atoms with E-state index < -0.39 is 35.2 Å². The molecule has 0 fully saturated rings. The minimum absolute atomic E-state index is 0.290. The van der Waals surface area contributed by atoms with Gasteiger partial charge in [-0.2, -0.15) is 0 Å². The number of nitrogens with one attached hydrogen (secondary N) is 2. The molecule has 1 rings (SSSR count). The molecule has 0 aliphatic carbocycles. The number of aryl methyl sites for hydroxylation is 1. The van der Waals surface area contributed by atoms with Gasteiger partial charge in [0.05, 0.1) is 0 Å². The van der Waals surface area contributed by atoms with E-state index in [1.807, 2.05) is 30.3 Å². The molecule has 0 aromatic heterocycles. The summed E-state index contributed by atoms with van der Waals surface area (Å²) in [6, 6.07) is 8.70. The van der Waals surface area contributed by atoms with Crippen molar-refractivity contribution in [1.82, 2.24) is 10.6 Å². The Balaban J connectivity index is 2.60. The third-order valence-corrected chi connectivity index (χ3v) is 3.79. The van der Waals surface area contributed by atoms with Crippen molar-refractivity contribution in [2.75, 3.05) is 0 Å². The predicted octanol–water partition coefficient (Wildman–Crippen LogP) is 2.88. The Morgan fingerprint density at radius 1 is 1.07 bits per heavy atom. The number of carboxylic acids is 1. The average molecular weight is 378 g/mol. The van der Waals surface area contributed by atoms with Gasteiger partial charge >= 0.3 is 12.1 Å². The van der Waals surface area contributed by atoms with Crippen molar-refractivity contribution < 1.29 is 24.2 Å². The third kappa shape index (κ3) is 8.57. The number of benzene rings is 1. The van der Waals surface area contributed by atoms with E-state index in [0.29, 0.717) is 12.8 Å². The number of rotatable bonds is 8. The normalized spacial score (nSPS) is 12.8. The summed E-state index contributed by atoms with van der Waals surface area (Å²) >= 11 is 0. The lowest BCUT2D eigenvalue weighted by Gasteiger charge is -2.29. The van der Waals surface area contributed by atoms with Crippen molar-refractivity contribution >= 4 is 18.0 Å².